The zero-order chi connectivity index (χ0) is 71.2. The van der Waals surface area contributed by atoms with Crippen molar-refractivity contribution in [3.8, 4) is 0 Å². The monoisotopic (exact) mass is 1420 g/mol. The Labute approximate surface area is 594 Å². The number of phosphoric ester groups is 2. The highest BCUT2D eigenvalue weighted by Crippen LogP contribution is 2.45. The van der Waals surface area contributed by atoms with E-state index in [1.165, 1.54) is 238 Å². The van der Waals surface area contributed by atoms with E-state index in [2.05, 4.69) is 34.6 Å². The first-order valence-electron chi connectivity index (χ1n) is 40.6. The van der Waals surface area contributed by atoms with E-state index in [1.807, 2.05) is 0 Å². The molecule has 0 aliphatic carbocycles. The quantitative estimate of drug-likeness (QED) is 0.0222. The molecule has 3 N–H and O–H groups in total. The minimum absolute atomic E-state index is 0.107. The van der Waals surface area contributed by atoms with E-state index in [0.29, 0.717) is 25.7 Å². The topological polar surface area (TPSA) is 237 Å². The first-order chi connectivity index (χ1) is 47.0. The van der Waals surface area contributed by atoms with Crippen LogP contribution in [0.3, 0.4) is 0 Å². The number of carbonyl (C=O) groups excluding carboxylic acids is 4. The van der Waals surface area contributed by atoms with Crippen LogP contribution >= 0.6 is 15.6 Å². The molecule has 0 radical (unpaired) electrons. The van der Waals surface area contributed by atoms with Gasteiger partial charge in [0.25, 0.3) is 0 Å². The highest BCUT2D eigenvalue weighted by atomic mass is 31.2. The van der Waals surface area contributed by atoms with Crippen LogP contribution in [0, 0.1) is 5.92 Å². The molecular weight excluding hydrogens is 1270 g/mol. The van der Waals surface area contributed by atoms with Gasteiger partial charge in [-0.15, -0.1) is 0 Å². The van der Waals surface area contributed by atoms with Crippen LogP contribution < -0.4 is 0 Å². The Morgan fingerprint density at radius 3 is 0.701 bits per heavy atom. The average Bonchev–Trinajstić information content (AvgIpc) is 2.04. The second kappa shape index (κ2) is 71.1. The van der Waals surface area contributed by atoms with Gasteiger partial charge >= 0.3 is 39.5 Å². The van der Waals surface area contributed by atoms with E-state index in [0.717, 1.165) is 95.8 Å². The molecule has 0 rings (SSSR count). The lowest BCUT2D eigenvalue weighted by atomic mass is 10.0. The fourth-order valence-electron chi connectivity index (χ4n) is 12.1. The zero-order valence-electron chi connectivity index (χ0n) is 63.2. The highest BCUT2D eigenvalue weighted by Gasteiger charge is 2.30. The Kier molecular flexibility index (Phi) is 69.6. The van der Waals surface area contributed by atoms with Crippen molar-refractivity contribution >= 4 is 39.5 Å². The molecule has 0 amide bonds. The van der Waals surface area contributed by atoms with Crippen LogP contribution in [0.4, 0.5) is 0 Å². The Hall–Kier alpha value is -1.94. The molecule has 0 spiro atoms. The van der Waals surface area contributed by atoms with E-state index in [-0.39, 0.29) is 25.7 Å². The summed E-state index contributed by atoms with van der Waals surface area (Å²) >= 11 is 0. The fourth-order valence-corrected chi connectivity index (χ4v) is 13.6. The van der Waals surface area contributed by atoms with E-state index in [1.54, 1.807) is 0 Å². The van der Waals surface area contributed by atoms with E-state index < -0.39 is 97.5 Å². The van der Waals surface area contributed by atoms with Gasteiger partial charge in [-0.2, -0.15) is 0 Å². The van der Waals surface area contributed by atoms with Gasteiger partial charge in [0.1, 0.15) is 19.3 Å². The number of hydrogen-bond donors (Lipinski definition) is 3. The fraction of sp³-hybridized carbons (Fsp3) is 0.949. The van der Waals surface area contributed by atoms with Crippen LogP contribution in [0.2, 0.25) is 0 Å². The molecule has 0 aromatic heterocycles. The summed E-state index contributed by atoms with van der Waals surface area (Å²) in [6, 6.07) is 0. The van der Waals surface area contributed by atoms with Gasteiger partial charge < -0.3 is 33.8 Å². The lowest BCUT2D eigenvalue weighted by molar-refractivity contribution is -0.161. The molecular formula is C78H152O17P2. The summed E-state index contributed by atoms with van der Waals surface area (Å²) in [4.78, 5) is 72.9. The van der Waals surface area contributed by atoms with Crippen LogP contribution in [0.25, 0.3) is 0 Å². The maximum atomic E-state index is 13.1. The number of hydrogen-bond acceptors (Lipinski definition) is 15. The van der Waals surface area contributed by atoms with Gasteiger partial charge in [-0.3, -0.25) is 37.3 Å². The number of aliphatic hydroxyl groups is 1. The molecule has 0 bridgehead atoms. The van der Waals surface area contributed by atoms with Gasteiger partial charge in [-0.25, -0.2) is 9.13 Å². The Morgan fingerprint density at radius 2 is 0.474 bits per heavy atom. The molecule has 0 aromatic carbocycles. The van der Waals surface area contributed by atoms with Crippen LogP contribution in [0.15, 0.2) is 0 Å². The number of esters is 4. The Bertz CT molecular complexity index is 1860. The summed E-state index contributed by atoms with van der Waals surface area (Å²) in [5.41, 5.74) is 0. The van der Waals surface area contributed by atoms with Gasteiger partial charge in [0.2, 0.25) is 0 Å². The maximum absolute atomic E-state index is 13.1. The second-order valence-corrected chi connectivity index (χ2v) is 31.5. The maximum Gasteiger partial charge on any atom is 0.472 e. The number of phosphoric acid groups is 2. The van der Waals surface area contributed by atoms with Gasteiger partial charge in [0, 0.05) is 25.7 Å². The van der Waals surface area contributed by atoms with Crippen molar-refractivity contribution in [1.29, 1.82) is 0 Å². The van der Waals surface area contributed by atoms with Crippen LogP contribution in [0.5, 0.6) is 0 Å². The van der Waals surface area contributed by atoms with Crippen molar-refractivity contribution in [2.45, 2.75) is 432 Å². The minimum atomic E-state index is -4.96. The Morgan fingerprint density at radius 1 is 0.278 bits per heavy atom. The smallest absolute Gasteiger partial charge is 0.462 e. The molecule has 0 fully saturated rings. The molecule has 0 aliphatic heterocycles. The molecule has 0 aliphatic rings. The van der Waals surface area contributed by atoms with Gasteiger partial charge in [-0.1, -0.05) is 362 Å². The number of ether oxygens (including phenoxy) is 4. The molecule has 97 heavy (non-hydrogen) atoms. The molecule has 0 heterocycles. The molecule has 17 nitrogen and oxygen atoms in total. The van der Waals surface area contributed by atoms with E-state index >= 15 is 0 Å². The van der Waals surface area contributed by atoms with Crippen LogP contribution in [-0.4, -0.2) is 96.7 Å². The van der Waals surface area contributed by atoms with E-state index in [9.17, 15) is 43.2 Å². The number of carbonyl (C=O) groups is 4. The lowest BCUT2D eigenvalue weighted by Gasteiger charge is -2.21. The van der Waals surface area contributed by atoms with Crippen molar-refractivity contribution in [2.24, 2.45) is 5.92 Å². The molecule has 19 heteroatoms. The van der Waals surface area contributed by atoms with Gasteiger partial charge in [0.05, 0.1) is 26.4 Å². The molecule has 576 valence electrons. The molecule has 0 aromatic rings. The predicted molar refractivity (Wildman–Crippen MR) is 395 cm³/mol. The number of rotatable bonds is 78. The second-order valence-electron chi connectivity index (χ2n) is 28.6. The molecule has 0 saturated heterocycles. The number of aliphatic hydroxyl groups excluding tert-OH is 1. The van der Waals surface area contributed by atoms with Crippen LogP contribution in [-0.2, 0) is 65.4 Å². The van der Waals surface area contributed by atoms with Crippen molar-refractivity contribution in [2.75, 3.05) is 39.6 Å². The highest BCUT2D eigenvalue weighted by molar-refractivity contribution is 7.47. The summed E-state index contributed by atoms with van der Waals surface area (Å²) in [7, 11) is -9.91. The lowest BCUT2D eigenvalue weighted by Crippen LogP contribution is -2.30. The Balaban J connectivity index is 5.23. The third-order valence-electron chi connectivity index (χ3n) is 18.3. The summed E-state index contributed by atoms with van der Waals surface area (Å²) in [5, 5.41) is 10.6. The van der Waals surface area contributed by atoms with Gasteiger partial charge in [-0.05, 0) is 31.6 Å². The minimum Gasteiger partial charge on any atom is -0.462 e. The largest absolute Gasteiger partial charge is 0.472 e. The standard InChI is InChI=1S/C78H152O17P2/c1-6-9-12-15-18-21-23-25-27-29-31-33-37-42-47-52-57-62-76(81)89-68-74(95-77(82)63-58-53-48-43-38-34-32-30-28-26-24-22-19-16-13-10-7-2)70-93-97(86,87)91-66-72(79)65-90-96(84,85)92-69-73(67-88-75(80)61-56-51-46-40-20-17-14-11-8-3)94-78(83)64-59-54-49-44-39-35-36-41-45-50-55-60-71(4)5/h71-74,79H,6-70H2,1-5H3,(H,84,85)(H,86,87)/t72-,73+,74+/m0/s1. The first kappa shape index (κ1) is 95.1. The first-order valence-corrected chi connectivity index (χ1v) is 43.6. The third-order valence-corrected chi connectivity index (χ3v) is 20.2. The summed E-state index contributed by atoms with van der Waals surface area (Å²) in [6.07, 6.45) is 61.0. The molecule has 0 saturated carbocycles. The van der Waals surface area contributed by atoms with E-state index in [4.69, 9.17) is 37.0 Å². The van der Waals surface area contributed by atoms with Crippen molar-refractivity contribution < 1.29 is 80.2 Å². The average molecular weight is 1420 g/mol. The summed E-state index contributed by atoms with van der Waals surface area (Å²) < 4.78 is 68.6. The van der Waals surface area contributed by atoms with Crippen molar-refractivity contribution in [3.63, 3.8) is 0 Å². The van der Waals surface area contributed by atoms with Crippen molar-refractivity contribution in [3.05, 3.63) is 0 Å². The normalized spacial score (nSPS) is 13.9. The zero-order valence-corrected chi connectivity index (χ0v) is 65.0. The van der Waals surface area contributed by atoms with Crippen LogP contribution in [0.1, 0.15) is 413 Å². The molecule has 2 unspecified atom stereocenters. The molecule has 5 atom stereocenters. The predicted octanol–water partition coefficient (Wildman–Crippen LogP) is 23.3. The number of unbranched alkanes of at least 4 members (excludes halogenated alkanes) is 50. The third kappa shape index (κ3) is 72.2. The summed E-state index contributed by atoms with van der Waals surface area (Å²) in [5.74, 6) is -1.34. The van der Waals surface area contributed by atoms with Gasteiger partial charge in [0.15, 0.2) is 12.2 Å². The summed E-state index contributed by atoms with van der Waals surface area (Å²) in [6.45, 7) is 7.30. The SMILES string of the molecule is CCCCCCCCCCCCCCCCCCCC(=O)OC[C@H](COP(=O)(O)OC[C@@H](O)COP(=O)(O)OC[C@@H](COC(=O)CCCCCCCCCCC)OC(=O)CCCCCCCCCCCCCC(C)C)OC(=O)CCCCCCCCCCCCCCCCCCC. The van der Waals surface area contributed by atoms with Crippen molar-refractivity contribution in [1.82, 2.24) is 0 Å².